The van der Waals surface area contributed by atoms with E-state index in [0.717, 1.165) is 18.6 Å². The molecule has 2 nitrogen and oxygen atoms in total. The largest absolute Gasteiger partial charge is 0.326 e. The molecule has 0 bridgehead atoms. The molecule has 1 atom stereocenters. The zero-order valence-corrected chi connectivity index (χ0v) is 12.1. The molecule has 0 aromatic heterocycles. The van der Waals surface area contributed by atoms with E-state index in [9.17, 15) is 13.6 Å². The monoisotopic (exact) mass is 297 g/mol. The first-order chi connectivity index (χ1) is 9.63. The van der Waals surface area contributed by atoms with E-state index in [4.69, 9.17) is 0 Å². The quantitative estimate of drug-likeness (QED) is 0.790. The van der Waals surface area contributed by atoms with Crippen molar-refractivity contribution in [2.45, 2.75) is 25.1 Å². The number of hydrogen-bond acceptors (Lipinski definition) is 2. The fraction of sp³-hybridized carbons (Fsp3) is 0.400. The highest BCUT2D eigenvalue weighted by Gasteiger charge is 2.27. The van der Waals surface area contributed by atoms with Crippen LogP contribution in [0, 0.1) is 11.6 Å². The molecule has 0 spiro atoms. The van der Waals surface area contributed by atoms with E-state index in [0.29, 0.717) is 6.54 Å². The van der Waals surface area contributed by atoms with Crippen molar-refractivity contribution in [3.05, 3.63) is 41.5 Å². The second-order valence-electron chi connectivity index (χ2n) is 4.61. The van der Waals surface area contributed by atoms with Crippen molar-refractivity contribution < 1.29 is 13.6 Å². The van der Waals surface area contributed by atoms with E-state index < -0.39 is 11.6 Å². The highest BCUT2D eigenvalue weighted by molar-refractivity contribution is 8.00. The summed E-state index contributed by atoms with van der Waals surface area (Å²) in [6.45, 7) is 2.77. The number of thioether (sulfide) groups is 1. The van der Waals surface area contributed by atoms with Gasteiger partial charge in [0.2, 0.25) is 5.91 Å². The molecule has 1 fully saturated rings. The number of rotatable bonds is 4. The summed E-state index contributed by atoms with van der Waals surface area (Å²) in [7, 11) is 0. The Morgan fingerprint density at radius 2 is 2.15 bits per heavy atom. The number of benzene rings is 1. The average Bonchev–Trinajstić information content (AvgIpc) is 2.87. The Morgan fingerprint density at radius 1 is 1.45 bits per heavy atom. The first kappa shape index (κ1) is 15.0. The van der Waals surface area contributed by atoms with Gasteiger partial charge in [-0.2, -0.15) is 0 Å². The summed E-state index contributed by atoms with van der Waals surface area (Å²) in [5.74, 6) is -0.584. The number of carbonyl (C=O) groups is 1. The van der Waals surface area contributed by atoms with Crippen LogP contribution < -0.4 is 0 Å². The molecule has 108 valence electrons. The Kier molecular flexibility index (Phi) is 5.17. The lowest BCUT2D eigenvalue weighted by atomic mass is 10.2. The minimum absolute atomic E-state index is 0.167. The van der Waals surface area contributed by atoms with Crippen LogP contribution in [0.5, 0.6) is 0 Å². The third-order valence-corrected chi connectivity index (χ3v) is 4.49. The maximum Gasteiger partial charge on any atom is 0.247 e. The molecule has 0 N–H and O–H groups in total. The van der Waals surface area contributed by atoms with E-state index in [2.05, 4.69) is 6.92 Å². The third-order valence-electron chi connectivity index (χ3n) is 3.20. The SMILES string of the molecule is CCCC1SCCN1C(=O)C=Cc1c(F)cccc1F. The van der Waals surface area contributed by atoms with Gasteiger partial charge in [0, 0.05) is 23.9 Å². The smallest absolute Gasteiger partial charge is 0.247 e. The van der Waals surface area contributed by atoms with Gasteiger partial charge in [0.05, 0.1) is 5.37 Å². The summed E-state index contributed by atoms with van der Waals surface area (Å²) in [6, 6.07) is 3.66. The normalized spacial score (nSPS) is 18.9. The maximum atomic E-state index is 13.5. The van der Waals surface area contributed by atoms with E-state index in [1.807, 2.05) is 0 Å². The van der Waals surface area contributed by atoms with Crippen LogP contribution in [0.4, 0.5) is 8.78 Å². The van der Waals surface area contributed by atoms with E-state index >= 15 is 0 Å². The second kappa shape index (κ2) is 6.88. The van der Waals surface area contributed by atoms with Crippen molar-refractivity contribution in [2.75, 3.05) is 12.3 Å². The molecule has 1 aliphatic rings. The van der Waals surface area contributed by atoms with Crippen molar-refractivity contribution in [1.29, 1.82) is 0 Å². The molecular weight excluding hydrogens is 280 g/mol. The highest BCUT2D eigenvalue weighted by atomic mass is 32.2. The predicted molar refractivity (Wildman–Crippen MR) is 78.3 cm³/mol. The molecule has 1 aliphatic heterocycles. The Balaban J connectivity index is 2.09. The van der Waals surface area contributed by atoms with E-state index in [-0.39, 0.29) is 16.8 Å². The zero-order valence-electron chi connectivity index (χ0n) is 11.3. The van der Waals surface area contributed by atoms with Gasteiger partial charge in [0.1, 0.15) is 11.6 Å². The lowest BCUT2D eigenvalue weighted by molar-refractivity contribution is -0.126. The Labute approximate surface area is 121 Å². The van der Waals surface area contributed by atoms with Crippen LogP contribution in [0.3, 0.4) is 0 Å². The summed E-state index contributed by atoms with van der Waals surface area (Å²) in [4.78, 5) is 13.9. The van der Waals surface area contributed by atoms with E-state index in [1.165, 1.54) is 30.4 Å². The summed E-state index contributed by atoms with van der Waals surface area (Å²) in [5, 5.41) is 0.183. The number of hydrogen-bond donors (Lipinski definition) is 0. The maximum absolute atomic E-state index is 13.5. The van der Waals surface area contributed by atoms with Crippen LogP contribution in [0.2, 0.25) is 0 Å². The molecule has 0 aliphatic carbocycles. The highest BCUT2D eigenvalue weighted by Crippen LogP contribution is 2.27. The van der Waals surface area contributed by atoms with Crippen molar-refractivity contribution in [3.63, 3.8) is 0 Å². The van der Waals surface area contributed by atoms with Crippen LogP contribution in [0.15, 0.2) is 24.3 Å². The van der Waals surface area contributed by atoms with Crippen LogP contribution in [-0.4, -0.2) is 28.5 Å². The van der Waals surface area contributed by atoms with Gasteiger partial charge in [-0.25, -0.2) is 8.78 Å². The van der Waals surface area contributed by atoms with Gasteiger partial charge in [-0.3, -0.25) is 4.79 Å². The standard InChI is InChI=1S/C15H17F2NOS/c1-2-4-15-18(9-10-20-15)14(19)8-7-11-12(16)5-3-6-13(11)17/h3,5-8,15H,2,4,9-10H2,1H3. The summed E-state index contributed by atoms with van der Waals surface area (Å²) >= 11 is 1.75. The first-order valence-corrected chi connectivity index (χ1v) is 7.72. The summed E-state index contributed by atoms with van der Waals surface area (Å²) in [6.07, 6.45) is 4.43. The van der Waals surface area contributed by atoms with Crippen LogP contribution in [0.1, 0.15) is 25.3 Å². The van der Waals surface area contributed by atoms with Crippen LogP contribution >= 0.6 is 11.8 Å². The molecule has 1 unspecified atom stereocenters. The summed E-state index contributed by atoms with van der Waals surface area (Å²) < 4.78 is 26.9. The molecule has 1 saturated heterocycles. The van der Waals surface area contributed by atoms with Gasteiger partial charge in [-0.15, -0.1) is 11.8 Å². The molecule has 20 heavy (non-hydrogen) atoms. The molecule has 1 heterocycles. The number of carbonyl (C=O) groups excluding carboxylic acids is 1. The topological polar surface area (TPSA) is 20.3 Å². The molecule has 5 heteroatoms. The second-order valence-corrected chi connectivity index (χ2v) is 5.90. The molecule has 1 aromatic carbocycles. The molecule has 0 radical (unpaired) electrons. The van der Waals surface area contributed by atoms with Crippen molar-refractivity contribution in [3.8, 4) is 0 Å². The Morgan fingerprint density at radius 3 is 2.80 bits per heavy atom. The minimum atomic E-state index is -0.657. The van der Waals surface area contributed by atoms with Gasteiger partial charge in [0.15, 0.2) is 0 Å². The molecule has 1 amide bonds. The Hall–Kier alpha value is -1.36. The fourth-order valence-corrected chi connectivity index (χ4v) is 3.55. The summed E-state index contributed by atoms with van der Waals surface area (Å²) in [5.41, 5.74) is -0.167. The van der Waals surface area contributed by atoms with Gasteiger partial charge < -0.3 is 4.90 Å². The lowest BCUT2D eigenvalue weighted by Gasteiger charge is -2.21. The average molecular weight is 297 g/mol. The van der Waals surface area contributed by atoms with E-state index in [1.54, 1.807) is 16.7 Å². The molecule has 1 aromatic rings. The predicted octanol–water partition coefficient (Wildman–Crippen LogP) is 3.68. The van der Waals surface area contributed by atoms with Gasteiger partial charge in [0.25, 0.3) is 0 Å². The van der Waals surface area contributed by atoms with Crippen molar-refractivity contribution >= 4 is 23.7 Å². The molecule has 2 rings (SSSR count). The molecular formula is C15H17F2NOS. The Bertz CT molecular complexity index is 498. The number of nitrogens with zero attached hydrogens (tertiary/aromatic N) is 1. The zero-order chi connectivity index (χ0) is 14.5. The number of halogens is 2. The van der Waals surface area contributed by atoms with Gasteiger partial charge >= 0.3 is 0 Å². The van der Waals surface area contributed by atoms with Crippen molar-refractivity contribution in [2.24, 2.45) is 0 Å². The van der Waals surface area contributed by atoms with Crippen LogP contribution in [-0.2, 0) is 4.79 Å². The fourth-order valence-electron chi connectivity index (χ4n) is 2.18. The number of amides is 1. The minimum Gasteiger partial charge on any atom is -0.326 e. The van der Waals surface area contributed by atoms with Gasteiger partial charge in [-0.1, -0.05) is 19.4 Å². The van der Waals surface area contributed by atoms with Gasteiger partial charge in [-0.05, 0) is 24.6 Å². The lowest BCUT2D eigenvalue weighted by Crippen LogP contribution is -2.33. The molecule has 0 saturated carbocycles. The van der Waals surface area contributed by atoms with Crippen LogP contribution in [0.25, 0.3) is 6.08 Å². The first-order valence-electron chi connectivity index (χ1n) is 6.67. The van der Waals surface area contributed by atoms with Crippen molar-refractivity contribution in [1.82, 2.24) is 4.90 Å². The third kappa shape index (κ3) is 3.39.